The van der Waals surface area contributed by atoms with Crippen LogP contribution in [0.15, 0.2) is 42.5 Å². The second kappa shape index (κ2) is 6.45. The van der Waals surface area contributed by atoms with Crippen molar-refractivity contribution in [2.75, 3.05) is 25.0 Å². The topological polar surface area (TPSA) is 46.2 Å². The Morgan fingerprint density at radius 2 is 2.09 bits per heavy atom. The van der Waals surface area contributed by atoms with Crippen molar-refractivity contribution in [1.82, 2.24) is 10.3 Å². The van der Waals surface area contributed by atoms with Gasteiger partial charge in [-0.1, -0.05) is 35.1 Å². The van der Waals surface area contributed by atoms with Gasteiger partial charge in [0.2, 0.25) is 0 Å². The summed E-state index contributed by atoms with van der Waals surface area (Å²) in [7, 11) is 0. The number of morpholine rings is 1. The minimum Gasteiger partial charge on any atom is -0.371 e. The molecule has 1 aromatic heterocycles. The number of nitrogens with one attached hydrogen (secondary N) is 2. The summed E-state index contributed by atoms with van der Waals surface area (Å²) in [6, 6.07) is 14.1. The molecule has 2 N–H and O–H groups in total. The fourth-order valence-electron chi connectivity index (χ4n) is 2.64. The van der Waals surface area contributed by atoms with Gasteiger partial charge in [-0.25, -0.2) is 4.98 Å². The van der Waals surface area contributed by atoms with Crippen LogP contribution in [0.5, 0.6) is 0 Å². The van der Waals surface area contributed by atoms with Crippen LogP contribution in [0.1, 0.15) is 11.7 Å². The standard InChI is InChI=1S/C17H16ClN3OS/c18-12-3-6-14-16(9-12)23-17(21-14)20-13-4-1-11(2-5-13)15-10-19-7-8-22-15/h1-6,9,15,19H,7-8,10H2,(H,20,21)/t15-/m1/s1. The largest absolute Gasteiger partial charge is 0.371 e. The molecule has 2 aromatic carbocycles. The monoisotopic (exact) mass is 345 g/mol. The molecule has 3 aromatic rings. The van der Waals surface area contributed by atoms with Crippen LogP contribution in [-0.4, -0.2) is 24.7 Å². The maximum atomic E-state index is 6.02. The second-order valence-corrected chi connectivity index (χ2v) is 6.91. The Hall–Kier alpha value is -1.66. The predicted molar refractivity (Wildman–Crippen MR) is 95.9 cm³/mol. The van der Waals surface area contributed by atoms with Crippen LogP contribution in [0.2, 0.25) is 5.02 Å². The van der Waals surface area contributed by atoms with Gasteiger partial charge in [-0.15, -0.1) is 0 Å². The second-order valence-electron chi connectivity index (χ2n) is 5.44. The molecule has 1 aliphatic rings. The Bertz CT molecular complexity index is 812. The first-order chi connectivity index (χ1) is 11.3. The zero-order valence-corrected chi connectivity index (χ0v) is 14.0. The fourth-order valence-corrected chi connectivity index (χ4v) is 3.80. The van der Waals surface area contributed by atoms with Crippen molar-refractivity contribution >= 4 is 44.0 Å². The number of nitrogens with zero attached hydrogens (tertiary/aromatic N) is 1. The summed E-state index contributed by atoms with van der Waals surface area (Å²) in [4.78, 5) is 4.58. The highest BCUT2D eigenvalue weighted by atomic mass is 35.5. The van der Waals surface area contributed by atoms with Crippen LogP contribution in [0, 0.1) is 0 Å². The molecule has 0 unspecified atom stereocenters. The first-order valence-corrected chi connectivity index (χ1v) is 8.73. The Morgan fingerprint density at radius 3 is 2.87 bits per heavy atom. The van der Waals surface area contributed by atoms with Gasteiger partial charge in [-0.3, -0.25) is 0 Å². The van der Waals surface area contributed by atoms with Crippen molar-refractivity contribution in [2.24, 2.45) is 0 Å². The van der Waals surface area contributed by atoms with Crippen molar-refractivity contribution in [1.29, 1.82) is 0 Å². The molecule has 6 heteroatoms. The summed E-state index contributed by atoms with van der Waals surface area (Å²) in [5.74, 6) is 0. The molecule has 1 fully saturated rings. The average molecular weight is 346 g/mol. The van der Waals surface area contributed by atoms with E-state index in [4.69, 9.17) is 16.3 Å². The third-order valence-electron chi connectivity index (χ3n) is 3.81. The summed E-state index contributed by atoms with van der Waals surface area (Å²) in [6.45, 7) is 2.56. The van der Waals surface area contributed by atoms with E-state index in [1.165, 1.54) is 5.56 Å². The Morgan fingerprint density at radius 1 is 1.22 bits per heavy atom. The molecule has 4 rings (SSSR count). The van der Waals surface area contributed by atoms with Gasteiger partial charge >= 0.3 is 0 Å². The highest BCUT2D eigenvalue weighted by molar-refractivity contribution is 7.22. The van der Waals surface area contributed by atoms with E-state index < -0.39 is 0 Å². The van der Waals surface area contributed by atoms with E-state index in [9.17, 15) is 0 Å². The molecule has 0 aliphatic carbocycles. The molecule has 1 aliphatic heterocycles. The number of hydrogen-bond acceptors (Lipinski definition) is 5. The molecule has 1 saturated heterocycles. The van der Waals surface area contributed by atoms with Gasteiger partial charge in [-0.2, -0.15) is 0 Å². The van der Waals surface area contributed by atoms with Gasteiger partial charge < -0.3 is 15.4 Å². The molecule has 0 amide bonds. The molecule has 0 bridgehead atoms. The highest BCUT2D eigenvalue weighted by Gasteiger charge is 2.15. The lowest BCUT2D eigenvalue weighted by atomic mass is 10.1. The van der Waals surface area contributed by atoms with E-state index in [0.717, 1.165) is 45.8 Å². The number of aromatic nitrogens is 1. The minimum atomic E-state index is 0.141. The van der Waals surface area contributed by atoms with Gasteiger partial charge in [0.05, 0.1) is 22.9 Å². The fraction of sp³-hybridized carbons (Fsp3) is 0.235. The lowest BCUT2D eigenvalue weighted by Gasteiger charge is -2.24. The van der Waals surface area contributed by atoms with E-state index in [1.807, 2.05) is 18.2 Å². The normalized spacial score (nSPS) is 18.2. The van der Waals surface area contributed by atoms with E-state index in [-0.39, 0.29) is 6.10 Å². The summed E-state index contributed by atoms with van der Waals surface area (Å²) in [6.07, 6.45) is 0.141. The van der Waals surface area contributed by atoms with Crippen LogP contribution in [0.3, 0.4) is 0 Å². The van der Waals surface area contributed by atoms with Crippen molar-refractivity contribution in [3.8, 4) is 0 Å². The molecule has 23 heavy (non-hydrogen) atoms. The zero-order chi connectivity index (χ0) is 15.6. The summed E-state index contributed by atoms with van der Waals surface area (Å²) in [5, 5.41) is 8.30. The van der Waals surface area contributed by atoms with Crippen molar-refractivity contribution in [3.63, 3.8) is 0 Å². The van der Waals surface area contributed by atoms with Gasteiger partial charge in [0.15, 0.2) is 5.13 Å². The summed E-state index contributed by atoms with van der Waals surface area (Å²) in [5.41, 5.74) is 3.17. The van der Waals surface area contributed by atoms with Crippen LogP contribution >= 0.6 is 22.9 Å². The zero-order valence-electron chi connectivity index (χ0n) is 12.4. The van der Waals surface area contributed by atoms with Crippen LogP contribution < -0.4 is 10.6 Å². The number of rotatable bonds is 3. The number of anilines is 2. The Kier molecular flexibility index (Phi) is 4.18. The lowest BCUT2D eigenvalue weighted by molar-refractivity contribution is 0.0277. The van der Waals surface area contributed by atoms with Gasteiger partial charge in [0.1, 0.15) is 0 Å². The predicted octanol–water partition coefficient (Wildman–Crippen LogP) is 4.35. The third-order valence-corrected chi connectivity index (χ3v) is 4.98. The molecule has 0 spiro atoms. The summed E-state index contributed by atoms with van der Waals surface area (Å²) < 4.78 is 6.85. The maximum absolute atomic E-state index is 6.02. The van der Waals surface area contributed by atoms with Crippen LogP contribution in [0.4, 0.5) is 10.8 Å². The van der Waals surface area contributed by atoms with E-state index >= 15 is 0 Å². The molecule has 2 heterocycles. The molecule has 118 valence electrons. The van der Waals surface area contributed by atoms with E-state index in [1.54, 1.807) is 11.3 Å². The number of thiazole rings is 1. The molecular formula is C17H16ClN3OS. The Labute approximate surface area is 143 Å². The molecule has 1 atom stereocenters. The lowest BCUT2D eigenvalue weighted by Crippen LogP contribution is -2.33. The van der Waals surface area contributed by atoms with E-state index in [2.05, 4.69) is 39.9 Å². The average Bonchev–Trinajstić information content (AvgIpc) is 2.97. The van der Waals surface area contributed by atoms with Crippen molar-refractivity contribution in [2.45, 2.75) is 6.10 Å². The smallest absolute Gasteiger partial charge is 0.188 e. The van der Waals surface area contributed by atoms with Crippen molar-refractivity contribution in [3.05, 3.63) is 53.1 Å². The van der Waals surface area contributed by atoms with Crippen LogP contribution in [-0.2, 0) is 4.74 Å². The molecule has 4 nitrogen and oxygen atoms in total. The SMILES string of the molecule is Clc1ccc2nc(Nc3ccc([C@H]4CNCCO4)cc3)sc2c1. The van der Waals surface area contributed by atoms with Gasteiger partial charge in [-0.05, 0) is 35.9 Å². The van der Waals surface area contributed by atoms with Crippen molar-refractivity contribution < 1.29 is 4.74 Å². The maximum Gasteiger partial charge on any atom is 0.188 e. The summed E-state index contributed by atoms with van der Waals surface area (Å²) >= 11 is 7.62. The van der Waals surface area contributed by atoms with Gasteiger partial charge in [0, 0.05) is 23.8 Å². The highest BCUT2D eigenvalue weighted by Crippen LogP contribution is 2.30. The first-order valence-electron chi connectivity index (χ1n) is 7.53. The van der Waals surface area contributed by atoms with Gasteiger partial charge in [0.25, 0.3) is 0 Å². The third kappa shape index (κ3) is 3.33. The first kappa shape index (κ1) is 14.9. The van der Waals surface area contributed by atoms with E-state index in [0.29, 0.717) is 0 Å². The molecular weight excluding hydrogens is 330 g/mol. The quantitative estimate of drug-likeness (QED) is 0.740. The molecule has 0 radical (unpaired) electrons. The number of benzene rings is 2. The number of fused-ring (bicyclic) bond motifs is 1. The Balaban J connectivity index is 1.51. The number of ether oxygens (including phenoxy) is 1. The number of hydrogen-bond donors (Lipinski definition) is 2. The molecule has 0 saturated carbocycles. The minimum absolute atomic E-state index is 0.141. The number of halogens is 1. The van der Waals surface area contributed by atoms with Crippen LogP contribution in [0.25, 0.3) is 10.2 Å².